The van der Waals surface area contributed by atoms with Gasteiger partial charge in [-0.2, -0.15) is 0 Å². The second-order valence-electron chi connectivity index (χ2n) is 8.79. The van der Waals surface area contributed by atoms with E-state index < -0.39 is 0 Å². The Kier molecular flexibility index (Phi) is 4.19. The van der Waals surface area contributed by atoms with E-state index in [-0.39, 0.29) is 17.4 Å². The Morgan fingerprint density at radius 1 is 1.17 bits per heavy atom. The van der Waals surface area contributed by atoms with Crippen molar-refractivity contribution in [1.29, 1.82) is 0 Å². The van der Waals surface area contributed by atoms with E-state index in [9.17, 15) is 9.59 Å². The minimum atomic E-state index is 0.0174. The summed E-state index contributed by atoms with van der Waals surface area (Å²) >= 11 is 1.75. The van der Waals surface area contributed by atoms with Gasteiger partial charge in [-0.05, 0) is 55.7 Å². The van der Waals surface area contributed by atoms with Gasteiger partial charge in [0.15, 0.2) is 0 Å². The summed E-state index contributed by atoms with van der Waals surface area (Å²) in [6.07, 6.45) is 9.02. The number of aromatic nitrogens is 3. The Bertz CT molecular complexity index is 1180. The quantitative estimate of drug-likeness (QED) is 0.690. The van der Waals surface area contributed by atoms with Gasteiger partial charge in [0.05, 0.1) is 11.1 Å². The van der Waals surface area contributed by atoms with E-state index in [1.165, 1.54) is 23.3 Å². The maximum Gasteiger partial charge on any atom is 0.261 e. The highest BCUT2D eigenvalue weighted by molar-refractivity contribution is 7.10. The summed E-state index contributed by atoms with van der Waals surface area (Å²) in [7, 11) is 0. The number of piperidine rings is 1. The molecule has 0 unspecified atom stereocenters. The molecule has 1 fully saturated rings. The Hall–Kier alpha value is -2.67. The van der Waals surface area contributed by atoms with Crippen molar-refractivity contribution in [2.75, 3.05) is 13.1 Å². The topological polar surface area (TPSA) is 71.0 Å². The maximum atomic E-state index is 13.4. The number of thiophene rings is 1. The first-order valence-electron chi connectivity index (χ1n) is 10.8. The number of nitrogens with zero attached hydrogens (tertiary/aromatic N) is 3. The maximum absolute atomic E-state index is 13.4. The molecule has 3 aromatic rings. The fourth-order valence-corrected chi connectivity index (χ4v) is 6.67. The fraction of sp³-hybridized carbons (Fsp3) is 0.435. The summed E-state index contributed by atoms with van der Waals surface area (Å²) in [6.45, 7) is 2.10. The van der Waals surface area contributed by atoms with Crippen molar-refractivity contribution in [3.63, 3.8) is 0 Å². The number of aromatic amines is 1. The molecule has 6 nitrogen and oxygen atoms in total. The molecule has 0 saturated carbocycles. The lowest BCUT2D eigenvalue weighted by Gasteiger charge is -2.43. The summed E-state index contributed by atoms with van der Waals surface area (Å²) in [6, 6.07) is 3.93. The molecule has 1 amide bonds. The Labute approximate surface area is 178 Å². The van der Waals surface area contributed by atoms with Crippen LogP contribution < -0.4 is 5.56 Å². The number of rotatable bonds is 2. The first-order chi connectivity index (χ1) is 14.7. The summed E-state index contributed by atoms with van der Waals surface area (Å²) < 4.78 is 1.92. The second kappa shape index (κ2) is 6.94. The van der Waals surface area contributed by atoms with E-state index in [0.717, 1.165) is 37.1 Å². The van der Waals surface area contributed by atoms with Gasteiger partial charge in [-0.3, -0.25) is 9.59 Å². The van der Waals surface area contributed by atoms with Crippen LogP contribution in [0.3, 0.4) is 0 Å². The zero-order valence-electron chi connectivity index (χ0n) is 16.8. The van der Waals surface area contributed by atoms with Gasteiger partial charge in [0.25, 0.3) is 11.5 Å². The van der Waals surface area contributed by atoms with Gasteiger partial charge in [0.1, 0.15) is 5.82 Å². The molecular weight excluding hydrogens is 396 g/mol. The number of nitrogens with one attached hydrogen (secondary N) is 1. The molecule has 1 N–H and O–H groups in total. The largest absolute Gasteiger partial charge is 0.344 e. The van der Waals surface area contributed by atoms with Crippen molar-refractivity contribution in [3.8, 4) is 11.4 Å². The normalized spacial score (nSPS) is 22.5. The molecule has 154 valence electrons. The van der Waals surface area contributed by atoms with Gasteiger partial charge < -0.3 is 14.5 Å². The number of carbonyl (C=O) groups is 1. The number of aryl methyl sites for hydroxylation is 1. The Balaban J connectivity index is 1.31. The SMILES string of the molecule is O=C(c1csc2c1CCCC2)N1C[C@@H]2C[C@H](C1)c1ccc(-c3ncc[nH]3)c(=O)n1C2. The summed E-state index contributed by atoms with van der Waals surface area (Å²) in [5, 5.41) is 2.08. The van der Waals surface area contributed by atoms with Crippen LogP contribution in [0, 0.1) is 5.92 Å². The Morgan fingerprint density at radius 2 is 2.07 bits per heavy atom. The van der Waals surface area contributed by atoms with Crippen molar-refractivity contribution >= 4 is 17.2 Å². The molecule has 0 aromatic carbocycles. The van der Waals surface area contributed by atoms with Crippen LogP contribution in [0.5, 0.6) is 0 Å². The summed E-state index contributed by atoms with van der Waals surface area (Å²) in [5.74, 6) is 1.34. The van der Waals surface area contributed by atoms with E-state index in [1.54, 1.807) is 23.7 Å². The van der Waals surface area contributed by atoms with Crippen LogP contribution >= 0.6 is 11.3 Å². The standard InChI is InChI=1S/C23H24N4O2S/c28-22(18-13-30-20-4-2-1-3-16(18)20)26-10-14-9-15(12-26)19-6-5-17(21-24-7-8-25-21)23(29)27(19)11-14/h5-8,13-15H,1-4,9-12H2,(H,24,25)/t14-,15+/m0/s1. The van der Waals surface area contributed by atoms with Gasteiger partial charge in [-0.1, -0.05) is 0 Å². The highest BCUT2D eigenvalue weighted by Gasteiger charge is 2.38. The molecule has 0 spiro atoms. The Morgan fingerprint density at radius 3 is 2.93 bits per heavy atom. The third-order valence-corrected chi connectivity index (χ3v) is 8.03. The molecule has 2 bridgehead atoms. The van der Waals surface area contributed by atoms with Crippen LogP contribution in [0.25, 0.3) is 11.4 Å². The number of imidazole rings is 1. The first kappa shape index (κ1) is 18.1. The van der Waals surface area contributed by atoms with Crippen LogP contribution in [0.2, 0.25) is 0 Å². The van der Waals surface area contributed by atoms with E-state index >= 15 is 0 Å². The summed E-state index contributed by atoms with van der Waals surface area (Å²) in [5.41, 5.74) is 3.91. The molecule has 1 saturated heterocycles. The fourth-order valence-electron chi connectivity index (χ4n) is 5.55. The molecule has 6 rings (SSSR count). The summed E-state index contributed by atoms with van der Waals surface area (Å²) in [4.78, 5) is 37.3. The first-order valence-corrected chi connectivity index (χ1v) is 11.7. The van der Waals surface area contributed by atoms with Crippen molar-refractivity contribution in [2.45, 2.75) is 44.6 Å². The highest BCUT2D eigenvalue weighted by Crippen LogP contribution is 2.37. The van der Waals surface area contributed by atoms with Crippen LogP contribution in [-0.2, 0) is 19.4 Å². The van der Waals surface area contributed by atoms with Crippen LogP contribution in [-0.4, -0.2) is 38.4 Å². The van der Waals surface area contributed by atoms with Gasteiger partial charge in [-0.15, -0.1) is 11.3 Å². The molecule has 3 aliphatic rings. The number of pyridine rings is 1. The van der Waals surface area contributed by atoms with Crippen molar-refractivity contribution in [1.82, 2.24) is 19.4 Å². The number of H-pyrrole nitrogens is 1. The smallest absolute Gasteiger partial charge is 0.261 e. The molecule has 2 atom stereocenters. The molecule has 7 heteroatoms. The van der Waals surface area contributed by atoms with E-state index in [2.05, 4.69) is 21.4 Å². The van der Waals surface area contributed by atoms with Crippen LogP contribution in [0.4, 0.5) is 0 Å². The number of hydrogen-bond acceptors (Lipinski definition) is 4. The number of hydrogen-bond donors (Lipinski definition) is 1. The van der Waals surface area contributed by atoms with Gasteiger partial charge in [0, 0.05) is 53.9 Å². The predicted molar refractivity (Wildman–Crippen MR) is 116 cm³/mol. The minimum absolute atomic E-state index is 0.0174. The van der Waals surface area contributed by atoms with E-state index in [0.29, 0.717) is 30.4 Å². The molecular formula is C23H24N4O2S. The third-order valence-electron chi connectivity index (χ3n) is 6.94. The second-order valence-corrected chi connectivity index (χ2v) is 9.76. The average molecular weight is 421 g/mol. The molecule has 2 aliphatic heterocycles. The van der Waals surface area contributed by atoms with Crippen LogP contribution in [0.15, 0.2) is 34.7 Å². The van der Waals surface area contributed by atoms with E-state index in [4.69, 9.17) is 0 Å². The zero-order valence-corrected chi connectivity index (χ0v) is 17.6. The lowest BCUT2D eigenvalue weighted by Crippen LogP contribution is -2.49. The third kappa shape index (κ3) is 2.79. The van der Waals surface area contributed by atoms with Gasteiger partial charge in [0.2, 0.25) is 0 Å². The predicted octanol–water partition coefficient (Wildman–Crippen LogP) is 3.44. The van der Waals surface area contributed by atoms with Gasteiger partial charge >= 0.3 is 0 Å². The highest BCUT2D eigenvalue weighted by atomic mass is 32.1. The molecule has 0 radical (unpaired) electrons. The number of likely N-dealkylation sites (tertiary alicyclic amines) is 1. The van der Waals surface area contributed by atoms with Crippen molar-refractivity contribution in [2.24, 2.45) is 5.92 Å². The molecule has 5 heterocycles. The monoisotopic (exact) mass is 420 g/mol. The minimum Gasteiger partial charge on any atom is -0.344 e. The molecule has 30 heavy (non-hydrogen) atoms. The average Bonchev–Trinajstić information content (AvgIpc) is 3.44. The van der Waals surface area contributed by atoms with Crippen molar-refractivity contribution < 1.29 is 4.79 Å². The number of amides is 1. The van der Waals surface area contributed by atoms with E-state index in [1.807, 2.05) is 15.5 Å². The van der Waals surface area contributed by atoms with Gasteiger partial charge in [-0.25, -0.2) is 4.98 Å². The number of fused-ring (bicyclic) bond motifs is 5. The lowest BCUT2D eigenvalue weighted by atomic mass is 9.82. The zero-order chi connectivity index (χ0) is 20.2. The number of carbonyl (C=O) groups excluding carboxylic acids is 1. The molecule has 3 aromatic heterocycles. The van der Waals surface area contributed by atoms with Crippen molar-refractivity contribution in [3.05, 3.63) is 62.0 Å². The lowest BCUT2D eigenvalue weighted by molar-refractivity contribution is 0.0594. The van der Waals surface area contributed by atoms with Crippen LogP contribution in [0.1, 0.15) is 51.7 Å². The molecule has 1 aliphatic carbocycles.